The van der Waals surface area contributed by atoms with Gasteiger partial charge in [0.1, 0.15) is 6.11 Å². The van der Waals surface area contributed by atoms with Crippen LogP contribution in [0.3, 0.4) is 0 Å². The molecule has 0 aliphatic heterocycles. The van der Waals surface area contributed by atoms with Crippen molar-refractivity contribution in [3.05, 3.63) is 30.3 Å². The summed E-state index contributed by atoms with van der Waals surface area (Å²) in [7, 11) is -3.74. The van der Waals surface area contributed by atoms with E-state index in [9.17, 15) is 9.46 Å². The molecule has 0 amide bonds. The molecule has 13 heavy (non-hydrogen) atoms. The molecule has 0 aromatic heterocycles. The van der Waals surface area contributed by atoms with E-state index in [1.807, 2.05) is 0 Å². The van der Waals surface area contributed by atoms with Crippen molar-refractivity contribution in [2.75, 3.05) is 0 Å². The summed E-state index contributed by atoms with van der Waals surface area (Å²) in [5, 5.41) is 0.248. The summed E-state index contributed by atoms with van der Waals surface area (Å²) in [5.41, 5.74) is 0. The molecule has 0 spiro atoms. The van der Waals surface area contributed by atoms with Gasteiger partial charge in [0.15, 0.2) is 0 Å². The van der Waals surface area contributed by atoms with Crippen molar-refractivity contribution >= 4 is 12.9 Å². The number of hydrogen-bond acceptors (Lipinski definition) is 2. The molecule has 1 unspecified atom stereocenters. The van der Waals surface area contributed by atoms with Crippen molar-refractivity contribution in [1.29, 1.82) is 0 Å². The Morgan fingerprint density at radius 1 is 1.38 bits per heavy atom. The lowest BCUT2D eigenvalue weighted by atomic mass is 10.4. The molecule has 0 saturated heterocycles. The van der Waals surface area contributed by atoms with Gasteiger partial charge in [-0.15, -0.1) is 0 Å². The molecule has 1 rings (SSSR count). The molecule has 0 aliphatic carbocycles. The zero-order chi connectivity index (χ0) is 9.73. The first-order valence-corrected chi connectivity index (χ1v) is 5.23. The van der Waals surface area contributed by atoms with E-state index in [0.717, 1.165) is 0 Å². The Labute approximate surface area is 76.9 Å². The van der Waals surface area contributed by atoms with Gasteiger partial charge in [0.05, 0.1) is 5.30 Å². The lowest BCUT2D eigenvalue weighted by Gasteiger charge is -2.06. The molecular formula is C9H9O3P. The van der Waals surface area contributed by atoms with Crippen LogP contribution in [0.25, 0.3) is 0 Å². The van der Waals surface area contributed by atoms with E-state index in [1.165, 1.54) is 19.1 Å². The average Bonchev–Trinajstić information content (AvgIpc) is 2.16. The topological polar surface area (TPSA) is 46.5 Å². The van der Waals surface area contributed by atoms with Crippen LogP contribution in [-0.2, 0) is 9.09 Å². The highest BCUT2D eigenvalue weighted by Gasteiger charge is 2.21. The van der Waals surface area contributed by atoms with E-state index in [4.69, 9.17) is 0 Å². The summed E-state index contributed by atoms with van der Waals surface area (Å²) >= 11 is 0. The molecule has 1 atom stereocenters. The maximum Gasteiger partial charge on any atom is 0.416 e. The molecule has 0 fully saturated rings. The fourth-order valence-electron chi connectivity index (χ4n) is 0.777. The summed E-state index contributed by atoms with van der Waals surface area (Å²) in [5.74, 6) is 2.39. The Hall–Kier alpha value is -1.23. The summed E-state index contributed by atoms with van der Waals surface area (Å²) in [6.45, 7) is 1.53. The van der Waals surface area contributed by atoms with Crippen molar-refractivity contribution in [2.24, 2.45) is 0 Å². The minimum atomic E-state index is -3.74. The van der Waals surface area contributed by atoms with Crippen LogP contribution in [0.15, 0.2) is 30.3 Å². The second kappa shape index (κ2) is 4.13. The summed E-state index contributed by atoms with van der Waals surface area (Å²) in [6.07, 6.45) is 2.12. The first-order chi connectivity index (χ1) is 6.17. The summed E-state index contributed by atoms with van der Waals surface area (Å²) < 4.78 is 15.9. The molecule has 4 heteroatoms. The third-order valence-electron chi connectivity index (χ3n) is 1.35. The zero-order valence-corrected chi connectivity index (χ0v) is 7.99. The second-order valence-corrected chi connectivity index (χ2v) is 4.04. The second-order valence-electron chi connectivity index (χ2n) is 2.30. The van der Waals surface area contributed by atoms with Gasteiger partial charge in [0.25, 0.3) is 0 Å². The van der Waals surface area contributed by atoms with Crippen LogP contribution in [-0.4, -0.2) is 4.89 Å². The van der Waals surface area contributed by atoms with Gasteiger partial charge in [0, 0.05) is 6.92 Å². The Bertz CT molecular complexity index is 375. The van der Waals surface area contributed by atoms with Gasteiger partial charge in [0.2, 0.25) is 0 Å². The molecule has 0 heterocycles. The third-order valence-corrected chi connectivity index (χ3v) is 2.64. The highest BCUT2D eigenvalue weighted by Crippen LogP contribution is 2.39. The molecule has 1 aromatic rings. The molecule has 3 nitrogen and oxygen atoms in total. The van der Waals surface area contributed by atoms with E-state index in [0.29, 0.717) is 0 Å². The van der Waals surface area contributed by atoms with Crippen molar-refractivity contribution in [3.8, 4) is 12.0 Å². The van der Waals surface area contributed by atoms with Crippen LogP contribution in [0.2, 0.25) is 0 Å². The number of benzene rings is 1. The van der Waals surface area contributed by atoms with Crippen LogP contribution >= 0.6 is 7.60 Å². The average molecular weight is 196 g/mol. The Balaban J connectivity index is 2.92. The van der Waals surface area contributed by atoms with Gasteiger partial charge >= 0.3 is 7.60 Å². The van der Waals surface area contributed by atoms with Crippen LogP contribution in [0.4, 0.5) is 0 Å². The highest BCUT2D eigenvalue weighted by atomic mass is 31.2. The summed E-state index contributed by atoms with van der Waals surface area (Å²) in [6, 6.07) is 8.15. The molecular weight excluding hydrogens is 187 g/mol. The smallest absolute Gasteiger partial charge is 0.367 e. The van der Waals surface area contributed by atoms with Crippen molar-refractivity contribution in [3.63, 3.8) is 0 Å². The molecule has 0 bridgehead atoms. The molecule has 1 N–H and O–H groups in total. The van der Waals surface area contributed by atoms with Gasteiger partial charge in [-0.2, -0.15) is 0 Å². The van der Waals surface area contributed by atoms with Crippen LogP contribution in [0.5, 0.6) is 0 Å². The van der Waals surface area contributed by atoms with Crippen LogP contribution in [0, 0.1) is 12.0 Å². The van der Waals surface area contributed by atoms with Crippen molar-refractivity contribution in [2.45, 2.75) is 6.92 Å². The highest BCUT2D eigenvalue weighted by molar-refractivity contribution is 7.61. The maximum absolute atomic E-state index is 11.4. The quantitative estimate of drug-likeness (QED) is 0.575. The van der Waals surface area contributed by atoms with Crippen LogP contribution < -0.4 is 5.30 Å². The molecule has 1 aromatic carbocycles. The normalized spacial score (nSPS) is 13.7. The first kappa shape index (κ1) is 9.85. The molecule has 0 aliphatic rings. The largest absolute Gasteiger partial charge is 0.416 e. The first-order valence-electron chi connectivity index (χ1n) is 3.65. The van der Waals surface area contributed by atoms with E-state index in [-0.39, 0.29) is 5.30 Å². The molecule has 68 valence electrons. The Kier molecular flexibility index (Phi) is 3.13. The minimum Gasteiger partial charge on any atom is -0.367 e. The van der Waals surface area contributed by atoms with Gasteiger partial charge in [-0.05, 0) is 12.1 Å². The van der Waals surface area contributed by atoms with Crippen molar-refractivity contribution in [1.82, 2.24) is 0 Å². The zero-order valence-electron chi connectivity index (χ0n) is 7.10. The van der Waals surface area contributed by atoms with Gasteiger partial charge in [-0.3, -0.25) is 0 Å². The Morgan fingerprint density at radius 2 is 2.00 bits per heavy atom. The molecule has 0 saturated carbocycles. The van der Waals surface area contributed by atoms with Crippen molar-refractivity contribution < 1.29 is 14.0 Å². The molecule has 0 radical (unpaired) electrons. The number of rotatable bonds is 2. The Morgan fingerprint density at radius 3 is 2.54 bits per heavy atom. The van der Waals surface area contributed by atoms with E-state index >= 15 is 0 Å². The minimum absolute atomic E-state index is 0.248. The van der Waals surface area contributed by atoms with Gasteiger partial charge in [-0.1, -0.05) is 24.1 Å². The van der Waals surface area contributed by atoms with E-state index < -0.39 is 7.60 Å². The predicted molar refractivity (Wildman–Crippen MR) is 50.4 cm³/mol. The SMILES string of the molecule is CC#COP(=O)(O)c1ccccc1. The fourth-order valence-corrected chi connectivity index (χ4v) is 1.65. The van der Waals surface area contributed by atoms with Crippen LogP contribution in [0.1, 0.15) is 6.92 Å². The van der Waals surface area contributed by atoms with Gasteiger partial charge < -0.3 is 9.42 Å². The lowest BCUT2D eigenvalue weighted by Crippen LogP contribution is -2.03. The van der Waals surface area contributed by atoms with E-state index in [1.54, 1.807) is 18.2 Å². The van der Waals surface area contributed by atoms with E-state index in [2.05, 4.69) is 16.6 Å². The monoisotopic (exact) mass is 196 g/mol. The fraction of sp³-hybridized carbons (Fsp3) is 0.111. The van der Waals surface area contributed by atoms with Gasteiger partial charge in [-0.25, -0.2) is 4.57 Å². The third kappa shape index (κ3) is 2.62. The maximum atomic E-state index is 11.4. The number of hydrogen-bond donors (Lipinski definition) is 1. The summed E-state index contributed by atoms with van der Waals surface area (Å²) in [4.78, 5) is 9.35. The lowest BCUT2D eigenvalue weighted by molar-refractivity contribution is 0.376. The standard InChI is InChI=1S/C9H9O3P/c1-2-8-12-13(10,11)9-6-4-3-5-7-9/h3-7H,1H3,(H,10,11). The predicted octanol–water partition coefficient (Wildman–Crippen LogP) is 1.49.